The van der Waals surface area contributed by atoms with Crippen LogP contribution in [-0.2, 0) is 15.8 Å². The maximum atomic E-state index is 13.5. The van der Waals surface area contributed by atoms with Crippen LogP contribution in [0.3, 0.4) is 0 Å². The van der Waals surface area contributed by atoms with E-state index in [1.54, 1.807) is 4.90 Å². The maximum absolute atomic E-state index is 13.5. The lowest BCUT2D eigenvalue weighted by Crippen LogP contribution is -2.58. The van der Waals surface area contributed by atoms with E-state index >= 15 is 0 Å². The van der Waals surface area contributed by atoms with Crippen molar-refractivity contribution in [2.75, 3.05) is 18.9 Å². The Morgan fingerprint density at radius 1 is 1.22 bits per heavy atom. The summed E-state index contributed by atoms with van der Waals surface area (Å²) in [7, 11) is 2.07. The number of alkyl halides is 3. The monoisotopic (exact) mass is 540 g/mol. The molecule has 12 heteroatoms. The summed E-state index contributed by atoms with van der Waals surface area (Å²) in [6, 6.07) is 2.75. The highest BCUT2D eigenvalue weighted by atomic mass is 35.5. The van der Waals surface area contributed by atoms with Crippen molar-refractivity contribution in [2.45, 2.75) is 82.8 Å². The van der Waals surface area contributed by atoms with Gasteiger partial charge in [-0.05, 0) is 76.4 Å². The molecule has 4 atom stereocenters. The number of nitrogens with one attached hydrogen (secondary N) is 2. The minimum atomic E-state index is -4.54. The molecule has 2 N–H and O–H groups in total. The topological polar surface area (TPSA) is 90.5 Å². The molecule has 1 aliphatic heterocycles. The number of aromatic nitrogens is 2. The second-order valence-electron chi connectivity index (χ2n) is 10.2. The Balaban J connectivity index is 1.55. The Kier molecular flexibility index (Phi) is 7.85. The van der Waals surface area contributed by atoms with Crippen LogP contribution in [-0.4, -0.2) is 75.4 Å². The molecule has 0 spiro atoms. The van der Waals surface area contributed by atoms with Crippen molar-refractivity contribution >= 4 is 40.1 Å². The summed E-state index contributed by atoms with van der Waals surface area (Å²) in [6.45, 7) is 6.19. The Labute approximate surface area is 218 Å². The lowest BCUT2D eigenvalue weighted by atomic mass is 9.84. The second kappa shape index (κ2) is 10.6. The molecule has 2 aromatic rings. The van der Waals surface area contributed by atoms with Gasteiger partial charge in [0.25, 0.3) is 0 Å². The van der Waals surface area contributed by atoms with Crippen LogP contribution in [0.25, 0.3) is 10.9 Å². The fourth-order valence-corrected chi connectivity index (χ4v) is 5.61. The number of carbonyl (C=O) groups excluding carboxylic acids is 2. The van der Waals surface area contributed by atoms with Gasteiger partial charge >= 0.3 is 6.18 Å². The first-order chi connectivity index (χ1) is 17.3. The molecule has 2 amide bonds. The van der Waals surface area contributed by atoms with Gasteiger partial charge in [0.15, 0.2) is 0 Å². The number of carbonyl (C=O) groups is 2. The van der Waals surface area contributed by atoms with Crippen molar-refractivity contribution in [3.63, 3.8) is 0 Å². The number of likely N-dealkylation sites (tertiary alicyclic amines) is 1. The van der Waals surface area contributed by atoms with Crippen LogP contribution in [0.1, 0.15) is 52.0 Å². The number of benzene rings is 1. The highest BCUT2D eigenvalue weighted by Crippen LogP contribution is 2.35. The van der Waals surface area contributed by atoms with E-state index in [2.05, 4.69) is 46.4 Å². The molecule has 1 saturated carbocycles. The Morgan fingerprint density at radius 2 is 1.95 bits per heavy atom. The summed E-state index contributed by atoms with van der Waals surface area (Å²) in [6.07, 6.45) is -1.73. The molecule has 2 heterocycles. The van der Waals surface area contributed by atoms with Crippen molar-refractivity contribution in [1.82, 2.24) is 25.1 Å². The summed E-state index contributed by atoms with van der Waals surface area (Å²) >= 11 is 6.03. The third-order valence-corrected chi connectivity index (χ3v) is 7.68. The van der Waals surface area contributed by atoms with Gasteiger partial charge in [-0.15, -0.1) is 0 Å². The lowest BCUT2D eigenvalue weighted by molar-refractivity contribution is -0.137. The molecule has 37 heavy (non-hydrogen) atoms. The maximum Gasteiger partial charge on any atom is 0.416 e. The normalized spacial score (nSPS) is 24.8. The van der Waals surface area contributed by atoms with Gasteiger partial charge in [-0.1, -0.05) is 0 Å². The zero-order valence-corrected chi connectivity index (χ0v) is 22.0. The van der Waals surface area contributed by atoms with E-state index in [0.717, 1.165) is 31.4 Å². The van der Waals surface area contributed by atoms with Crippen LogP contribution in [0.2, 0.25) is 5.28 Å². The van der Waals surface area contributed by atoms with E-state index in [9.17, 15) is 22.8 Å². The Bertz CT molecular complexity index is 1180. The second-order valence-corrected chi connectivity index (χ2v) is 10.5. The quantitative estimate of drug-likeness (QED) is 0.537. The van der Waals surface area contributed by atoms with Crippen molar-refractivity contribution in [3.8, 4) is 0 Å². The zero-order valence-electron chi connectivity index (χ0n) is 21.3. The molecule has 1 aromatic carbocycles. The van der Waals surface area contributed by atoms with E-state index in [-0.39, 0.29) is 51.9 Å². The van der Waals surface area contributed by atoms with Gasteiger partial charge in [0.2, 0.25) is 17.1 Å². The highest BCUT2D eigenvalue weighted by molar-refractivity contribution is 6.28. The van der Waals surface area contributed by atoms with Crippen LogP contribution in [0, 0.1) is 0 Å². The molecule has 2 aliphatic rings. The fourth-order valence-electron chi connectivity index (χ4n) is 5.43. The first-order valence-electron chi connectivity index (χ1n) is 12.5. The van der Waals surface area contributed by atoms with E-state index in [1.807, 2.05) is 0 Å². The van der Waals surface area contributed by atoms with E-state index < -0.39 is 17.8 Å². The molecule has 1 saturated heterocycles. The standard InChI is InChI=1S/C25H32ClF3N6O2/c1-13(2)34(4)16-6-8-21(20(12-16)30-14(3)36)35-10-9-19(23(35)37)31-22-17-11-15(25(27,28)29)5-7-18(17)32-24(26)33-22/h5,7,11,13,16,19-21H,6,8-10,12H2,1-4H3,(H,30,36)(H,31,32,33)/t16-,19+,20-,21+/m1/s1. The van der Waals surface area contributed by atoms with Crippen LogP contribution >= 0.6 is 11.6 Å². The first-order valence-corrected chi connectivity index (χ1v) is 12.8. The molecule has 1 aliphatic carbocycles. The van der Waals surface area contributed by atoms with Gasteiger partial charge < -0.3 is 20.4 Å². The Hall–Kier alpha value is -2.66. The number of rotatable bonds is 6. The third-order valence-electron chi connectivity index (χ3n) is 7.51. The van der Waals surface area contributed by atoms with Gasteiger partial charge in [-0.25, -0.2) is 9.97 Å². The van der Waals surface area contributed by atoms with Crippen molar-refractivity contribution < 1.29 is 22.8 Å². The largest absolute Gasteiger partial charge is 0.416 e. The van der Waals surface area contributed by atoms with Crippen LogP contribution in [0.4, 0.5) is 19.0 Å². The lowest BCUT2D eigenvalue weighted by Gasteiger charge is -2.44. The summed E-state index contributed by atoms with van der Waals surface area (Å²) in [5, 5.41) is 6.08. The molecular formula is C25H32ClF3N6O2. The molecule has 1 aromatic heterocycles. The van der Waals surface area contributed by atoms with Gasteiger partial charge in [0, 0.05) is 30.9 Å². The minimum absolute atomic E-state index is 0.0852. The summed E-state index contributed by atoms with van der Waals surface area (Å²) in [4.78, 5) is 37.7. The smallest absolute Gasteiger partial charge is 0.358 e. The molecule has 4 rings (SSSR count). The van der Waals surface area contributed by atoms with Crippen molar-refractivity contribution in [1.29, 1.82) is 0 Å². The molecule has 202 valence electrons. The summed E-state index contributed by atoms with van der Waals surface area (Å²) in [5.74, 6) is -0.236. The SMILES string of the molecule is CC(=O)N[C@@H]1C[C@H](N(C)C(C)C)CC[C@@H]1N1CC[C@H](Nc2nc(Cl)nc3ccc(C(F)(F)F)cc23)C1=O. The predicted octanol–water partition coefficient (Wildman–Crippen LogP) is 4.08. The third kappa shape index (κ3) is 5.93. The van der Waals surface area contributed by atoms with E-state index in [0.29, 0.717) is 19.0 Å². The molecule has 0 radical (unpaired) electrons. The van der Waals surface area contributed by atoms with Crippen molar-refractivity contribution in [2.24, 2.45) is 0 Å². The van der Waals surface area contributed by atoms with Gasteiger partial charge in [0.05, 0.1) is 23.2 Å². The van der Waals surface area contributed by atoms with Crippen LogP contribution in [0.15, 0.2) is 18.2 Å². The number of nitrogens with zero attached hydrogens (tertiary/aromatic N) is 4. The van der Waals surface area contributed by atoms with Gasteiger partial charge in [0.1, 0.15) is 11.9 Å². The average molecular weight is 541 g/mol. The molecule has 8 nitrogen and oxygen atoms in total. The first kappa shape index (κ1) is 27.4. The Morgan fingerprint density at radius 3 is 2.59 bits per heavy atom. The predicted molar refractivity (Wildman–Crippen MR) is 135 cm³/mol. The van der Waals surface area contributed by atoms with Gasteiger partial charge in [-0.3, -0.25) is 9.59 Å². The number of amides is 2. The van der Waals surface area contributed by atoms with Crippen molar-refractivity contribution in [3.05, 3.63) is 29.0 Å². The molecular weight excluding hydrogens is 509 g/mol. The molecule has 0 unspecified atom stereocenters. The summed E-state index contributed by atoms with van der Waals surface area (Å²) in [5.41, 5.74) is -0.592. The van der Waals surface area contributed by atoms with E-state index in [4.69, 9.17) is 11.6 Å². The number of hydrogen-bond acceptors (Lipinski definition) is 6. The minimum Gasteiger partial charge on any atom is -0.358 e. The highest BCUT2D eigenvalue weighted by Gasteiger charge is 2.43. The van der Waals surface area contributed by atoms with Gasteiger partial charge in [-0.2, -0.15) is 13.2 Å². The zero-order chi connectivity index (χ0) is 27.1. The summed E-state index contributed by atoms with van der Waals surface area (Å²) < 4.78 is 40.0. The average Bonchev–Trinajstić information content (AvgIpc) is 3.16. The van der Waals surface area contributed by atoms with Crippen LogP contribution < -0.4 is 10.6 Å². The number of hydrogen-bond donors (Lipinski definition) is 2. The number of halogens is 4. The number of fused-ring (bicyclic) bond motifs is 1. The fraction of sp³-hybridized carbons (Fsp3) is 0.600. The van der Waals surface area contributed by atoms with E-state index in [1.165, 1.54) is 13.0 Å². The van der Waals surface area contributed by atoms with Crippen LogP contribution in [0.5, 0.6) is 0 Å². The molecule has 2 fully saturated rings. The molecule has 0 bridgehead atoms. The number of anilines is 1.